The molecule has 4 rings (SSSR count). The van der Waals surface area contributed by atoms with Crippen molar-refractivity contribution in [2.45, 2.75) is 26.3 Å². The number of amides is 1. The number of likely N-dealkylation sites (tertiary alicyclic amines) is 1. The second kappa shape index (κ2) is 8.92. The molecule has 0 N–H and O–H groups in total. The Balaban J connectivity index is 1.54. The van der Waals surface area contributed by atoms with Crippen LogP contribution in [-0.2, 0) is 16.1 Å². The van der Waals surface area contributed by atoms with E-state index >= 15 is 0 Å². The number of rotatable bonds is 6. The number of hydrogen-bond donors (Lipinski definition) is 0. The van der Waals surface area contributed by atoms with Gasteiger partial charge in [0.25, 0.3) is 5.91 Å². The topological polar surface area (TPSA) is 60.8 Å². The maximum Gasteiger partial charge on any atom is 0.309 e. The second-order valence-corrected chi connectivity index (χ2v) is 8.40. The first-order chi connectivity index (χ1) is 14.6. The number of esters is 1. The highest BCUT2D eigenvalue weighted by molar-refractivity contribution is 7.17. The fraction of sp³-hybridized carbons (Fsp3) is 0.391. The largest absolute Gasteiger partial charge is 0.497 e. The van der Waals surface area contributed by atoms with Crippen molar-refractivity contribution in [2.24, 2.45) is 5.92 Å². The number of nitrogens with zero attached hydrogens (tertiary/aromatic N) is 2. The Kier molecular flexibility index (Phi) is 6.08. The number of hydrogen-bond acceptors (Lipinski definition) is 5. The number of carbonyl (C=O) groups is 2. The van der Waals surface area contributed by atoms with Gasteiger partial charge in [-0.25, -0.2) is 0 Å². The number of thiophene rings is 1. The zero-order chi connectivity index (χ0) is 21.1. The van der Waals surface area contributed by atoms with Gasteiger partial charge in [0.05, 0.1) is 29.9 Å². The first-order valence-electron chi connectivity index (χ1n) is 10.3. The highest BCUT2D eigenvalue weighted by Crippen LogP contribution is 2.29. The first kappa shape index (κ1) is 20.5. The molecule has 6 nitrogen and oxygen atoms in total. The molecule has 0 bridgehead atoms. The fourth-order valence-electron chi connectivity index (χ4n) is 3.98. The Morgan fingerprint density at radius 1 is 1.13 bits per heavy atom. The average molecular weight is 427 g/mol. The maximum atomic E-state index is 13.4. The van der Waals surface area contributed by atoms with Crippen LogP contribution in [0.2, 0.25) is 0 Å². The van der Waals surface area contributed by atoms with Crippen molar-refractivity contribution < 1.29 is 19.1 Å². The molecule has 0 aliphatic carbocycles. The highest BCUT2D eigenvalue weighted by atomic mass is 32.1. The van der Waals surface area contributed by atoms with E-state index in [4.69, 9.17) is 9.47 Å². The number of fused-ring (bicyclic) bond motifs is 1. The van der Waals surface area contributed by atoms with Crippen LogP contribution in [0.15, 0.2) is 41.8 Å². The molecule has 0 unspecified atom stereocenters. The van der Waals surface area contributed by atoms with Crippen LogP contribution in [0.1, 0.15) is 35.8 Å². The lowest BCUT2D eigenvalue weighted by Gasteiger charge is -2.31. The SMILES string of the molecule is CCOC(=O)C1CCN(C(=O)c2cc3sccc3n2Cc2ccc(OC)cc2)CC1. The summed E-state index contributed by atoms with van der Waals surface area (Å²) in [6.07, 6.45) is 1.30. The summed E-state index contributed by atoms with van der Waals surface area (Å²) in [4.78, 5) is 27.2. The Labute approximate surface area is 180 Å². The van der Waals surface area contributed by atoms with E-state index in [1.807, 2.05) is 47.5 Å². The quantitative estimate of drug-likeness (QED) is 0.555. The van der Waals surface area contributed by atoms with Crippen molar-refractivity contribution in [3.63, 3.8) is 0 Å². The Hall–Kier alpha value is -2.80. The highest BCUT2D eigenvalue weighted by Gasteiger charge is 2.30. The summed E-state index contributed by atoms with van der Waals surface area (Å²) in [6.45, 7) is 3.98. The number of ether oxygens (including phenoxy) is 2. The molecule has 7 heteroatoms. The van der Waals surface area contributed by atoms with Gasteiger partial charge in [0.15, 0.2) is 0 Å². The molecule has 3 heterocycles. The van der Waals surface area contributed by atoms with Crippen molar-refractivity contribution >= 4 is 33.4 Å². The summed E-state index contributed by atoms with van der Waals surface area (Å²) < 4.78 is 13.6. The van der Waals surface area contributed by atoms with Gasteiger partial charge in [0.2, 0.25) is 0 Å². The van der Waals surface area contributed by atoms with Crippen LogP contribution in [0, 0.1) is 5.92 Å². The number of benzene rings is 1. The number of aromatic nitrogens is 1. The molecule has 0 atom stereocenters. The standard InChI is InChI=1S/C23H26N2O4S/c1-3-29-23(27)17-8-11-24(12-9-17)22(26)20-14-21-19(10-13-30-21)25(20)15-16-4-6-18(28-2)7-5-16/h4-7,10,13-14,17H,3,8-9,11-12,15H2,1-2H3. The minimum atomic E-state index is -0.145. The molecule has 0 spiro atoms. The lowest BCUT2D eigenvalue weighted by Crippen LogP contribution is -2.41. The van der Waals surface area contributed by atoms with Crippen LogP contribution in [-0.4, -0.2) is 48.1 Å². The van der Waals surface area contributed by atoms with Gasteiger partial charge in [-0.2, -0.15) is 0 Å². The molecule has 30 heavy (non-hydrogen) atoms. The summed E-state index contributed by atoms with van der Waals surface area (Å²) in [5.74, 6) is 0.582. The summed E-state index contributed by atoms with van der Waals surface area (Å²) in [5, 5.41) is 2.05. The summed E-state index contributed by atoms with van der Waals surface area (Å²) in [5.41, 5.74) is 2.87. The van der Waals surface area contributed by atoms with Crippen LogP contribution >= 0.6 is 11.3 Å². The first-order valence-corrected chi connectivity index (χ1v) is 11.1. The third-order valence-corrected chi connectivity index (χ3v) is 6.50. The van der Waals surface area contributed by atoms with Gasteiger partial charge in [0, 0.05) is 19.6 Å². The van der Waals surface area contributed by atoms with E-state index < -0.39 is 0 Å². The molecule has 0 saturated carbocycles. The summed E-state index contributed by atoms with van der Waals surface area (Å²) in [6, 6.07) is 12.0. The van der Waals surface area contributed by atoms with E-state index in [-0.39, 0.29) is 17.8 Å². The lowest BCUT2D eigenvalue weighted by atomic mass is 9.97. The molecule has 1 aromatic carbocycles. The Bertz CT molecular complexity index is 1030. The van der Waals surface area contributed by atoms with E-state index in [0.717, 1.165) is 21.5 Å². The molecule has 3 aromatic rings. The third-order valence-electron chi connectivity index (χ3n) is 5.64. The Morgan fingerprint density at radius 2 is 1.87 bits per heavy atom. The molecule has 2 aromatic heterocycles. The van der Waals surface area contributed by atoms with Crippen molar-refractivity contribution in [3.8, 4) is 5.75 Å². The molecule has 1 saturated heterocycles. The van der Waals surface area contributed by atoms with Crippen LogP contribution in [0.25, 0.3) is 10.2 Å². The van der Waals surface area contributed by atoms with E-state index in [1.165, 1.54) is 0 Å². The van der Waals surface area contributed by atoms with Gasteiger partial charge in [-0.3, -0.25) is 9.59 Å². The third kappa shape index (κ3) is 4.07. The minimum Gasteiger partial charge on any atom is -0.497 e. The smallest absolute Gasteiger partial charge is 0.309 e. The van der Waals surface area contributed by atoms with E-state index in [9.17, 15) is 9.59 Å². The zero-order valence-corrected chi connectivity index (χ0v) is 18.1. The van der Waals surface area contributed by atoms with Crippen LogP contribution in [0.5, 0.6) is 5.75 Å². The summed E-state index contributed by atoms with van der Waals surface area (Å²) in [7, 11) is 1.65. The van der Waals surface area contributed by atoms with Gasteiger partial charge in [-0.05, 0) is 55.0 Å². The van der Waals surface area contributed by atoms with Gasteiger partial charge in [-0.1, -0.05) is 12.1 Å². The molecule has 158 valence electrons. The van der Waals surface area contributed by atoms with Crippen molar-refractivity contribution in [1.82, 2.24) is 9.47 Å². The van der Waals surface area contributed by atoms with Crippen molar-refractivity contribution in [2.75, 3.05) is 26.8 Å². The lowest BCUT2D eigenvalue weighted by molar-refractivity contribution is -0.149. The normalized spacial score (nSPS) is 14.8. The van der Waals surface area contributed by atoms with Crippen LogP contribution < -0.4 is 4.74 Å². The fourth-order valence-corrected chi connectivity index (χ4v) is 4.80. The van der Waals surface area contributed by atoms with Crippen LogP contribution in [0.3, 0.4) is 0 Å². The molecule has 1 fully saturated rings. The van der Waals surface area contributed by atoms with Gasteiger partial charge in [-0.15, -0.1) is 11.3 Å². The number of carbonyl (C=O) groups excluding carboxylic acids is 2. The maximum absolute atomic E-state index is 13.4. The zero-order valence-electron chi connectivity index (χ0n) is 17.3. The molecule has 1 amide bonds. The molecular formula is C23H26N2O4S. The molecule has 1 aliphatic heterocycles. The molecule has 0 radical (unpaired) electrons. The van der Waals surface area contributed by atoms with Crippen molar-refractivity contribution in [1.29, 1.82) is 0 Å². The van der Waals surface area contributed by atoms with E-state index in [2.05, 4.69) is 10.6 Å². The minimum absolute atomic E-state index is 0.0224. The van der Waals surface area contributed by atoms with E-state index in [0.29, 0.717) is 44.8 Å². The molecular weight excluding hydrogens is 400 g/mol. The monoisotopic (exact) mass is 426 g/mol. The summed E-state index contributed by atoms with van der Waals surface area (Å²) >= 11 is 1.64. The Morgan fingerprint density at radius 3 is 2.53 bits per heavy atom. The predicted octanol–water partition coefficient (Wildman–Crippen LogP) is 4.18. The van der Waals surface area contributed by atoms with E-state index in [1.54, 1.807) is 18.4 Å². The van der Waals surface area contributed by atoms with Crippen molar-refractivity contribution in [3.05, 3.63) is 53.0 Å². The predicted molar refractivity (Wildman–Crippen MR) is 117 cm³/mol. The average Bonchev–Trinajstić information content (AvgIpc) is 3.37. The molecule has 1 aliphatic rings. The van der Waals surface area contributed by atoms with Crippen LogP contribution in [0.4, 0.5) is 0 Å². The van der Waals surface area contributed by atoms with Gasteiger partial charge in [0.1, 0.15) is 11.4 Å². The number of piperidine rings is 1. The number of methoxy groups -OCH3 is 1. The van der Waals surface area contributed by atoms with Gasteiger partial charge >= 0.3 is 5.97 Å². The second-order valence-electron chi connectivity index (χ2n) is 7.45. The van der Waals surface area contributed by atoms with Gasteiger partial charge < -0.3 is 18.9 Å².